The maximum Gasteiger partial charge on any atom is 0.293 e. The van der Waals surface area contributed by atoms with Crippen LogP contribution in [0.15, 0.2) is 11.8 Å². The lowest BCUT2D eigenvalue weighted by molar-refractivity contribution is -0.124. The zero-order chi connectivity index (χ0) is 11.4. The first-order valence-corrected chi connectivity index (χ1v) is 5.08. The summed E-state index contributed by atoms with van der Waals surface area (Å²) in [6, 6.07) is 0. The van der Waals surface area contributed by atoms with Crippen molar-refractivity contribution in [2.45, 2.75) is 6.92 Å². The monoisotopic (exact) mass is 223 g/mol. The van der Waals surface area contributed by atoms with Crippen LogP contribution >= 0.6 is 0 Å². The Balaban J connectivity index is 0.000000255. The second-order valence-electron chi connectivity index (χ2n) is 2.22. The molecule has 0 aromatic carbocycles. The molecular weight excluding hydrogens is 214 g/mol. The first kappa shape index (κ1) is 12.6. The van der Waals surface area contributed by atoms with Crippen LogP contribution in [0, 0.1) is 0 Å². The fraction of sp³-hybridized carbons (Fsp3) is 0.333. The van der Waals surface area contributed by atoms with E-state index < -0.39 is 27.7 Å². The van der Waals surface area contributed by atoms with Crippen LogP contribution in [-0.2, 0) is 19.7 Å². The predicted molar refractivity (Wildman–Crippen MR) is 46.0 cm³/mol. The molecule has 8 heteroatoms. The first-order valence-electron chi connectivity index (χ1n) is 3.47. The van der Waals surface area contributed by atoms with Gasteiger partial charge in [0.1, 0.15) is 0 Å². The van der Waals surface area contributed by atoms with Crippen molar-refractivity contribution < 1.29 is 27.7 Å². The summed E-state index contributed by atoms with van der Waals surface area (Å²) in [5.74, 6) is -2.01. The van der Waals surface area contributed by atoms with Crippen LogP contribution in [0.25, 0.3) is 0 Å². The van der Waals surface area contributed by atoms with Crippen LogP contribution in [0.3, 0.4) is 0 Å². The highest BCUT2D eigenvalue weighted by Crippen LogP contribution is 1.94. The SMILES string of the molecule is CCS(=O)(=O)O.O=C1C=C(O)C(=O)N1. The topological polar surface area (TPSA) is 121 Å². The van der Waals surface area contributed by atoms with Gasteiger partial charge in [-0.2, -0.15) is 8.42 Å². The second-order valence-corrected chi connectivity index (χ2v) is 3.96. The molecular formula is C6H9NO6S. The minimum atomic E-state index is -3.66. The average molecular weight is 223 g/mol. The third kappa shape index (κ3) is 5.27. The number of aliphatic hydroxyl groups is 1. The molecule has 14 heavy (non-hydrogen) atoms. The number of rotatable bonds is 1. The molecule has 0 saturated heterocycles. The number of aliphatic hydroxyl groups excluding tert-OH is 1. The third-order valence-corrected chi connectivity index (χ3v) is 1.83. The molecule has 1 aliphatic rings. The van der Waals surface area contributed by atoms with E-state index in [1.54, 1.807) is 0 Å². The summed E-state index contributed by atoms with van der Waals surface area (Å²) in [7, 11) is -3.66. The number of imide groups is 1. The summed E-state index contributed by atoms with van der Waals surface area (Å²) in [5, 5.41) is 10.2. The van der Waals surface area contributed by atoms with Crippen molar-refractivity contribution in [2.75, 3.05) is 5.75 Å². The number of hydrogen-bond acceptors (Lipinski definition) is 5. The Labute approximate surface area is 80.2 Å². The Morgan fingerprint density at radius 2 is 1.86 bits per heavy atom. The van der Waals surface area contributed by atoms with Crippen molar-refractivity contribution in [3.8, 4) is 0 Å². The zero-order valence-corrected chi connectivity index (χ0v) is 8.04. The van der Waals surface area contributed by atoms with Gasteiger partial charge in [-0.15, -0.1) is 0 Å². The molecule has 2 amide bonds. The van der Waals surface area contributed by atoms with E-state index in [2.05, 4.69) is 0 Å². The summed E-state index contributed by atoms with van der Waals surface area (Å²) < 4.78 is 26.9. The number of carbonyl (C=O) groups excluding carboxylic acids is 2. The van der Waals surface area contributed by atoms with Crippen LogP contribution < -0.4 is 5.32 Å². The zero-order valence-electron chi connectivity index (χ0n) is 7.22. The maximum absolute atomic E-state index is 10.1. The van der Waals surface area contributed by atoms with Crippen molar-refractivity contribution >= 4 is 21.9 Å². The number of amides is 2. The lowest BCUT2D eigenvalue weighted by atomic mass is 10.5. The molecule has 1 aliphatic heterocycles. The Hall–Kier alpha value is -1.41. The minimum Gasteiger partial charge on any atom is -0.503 e. The average Bonchev–Trinajstić information content (AvgIpc) is 2.29. The molecule has 0 aliphatic carbocycles. The van der Waals surface area contributed by atoms with Gasteiger partial charge in [-0.1, -0.05) is 0 Å². The molecule has 0 aromatic rings. The van der Waals surface area contributed by atoms with E-state index in [1.165, 1.54) is 6.92 Å². The van der Waals surface area contributed by atoms with E-state index in [0.29, 0.717) is 0 Å². The third-order valence-electron chi connectivity index (χ3n) is 1.10. The largest absolute Gasteiger partial charge is 0.503 e. The standard InChI is InChI=1S/C4H3NO3.C2H6O3S/c6-2-1-3(7)5-4(2)8;1-2-6(3,4)5/h1H,(H2,5,6,7,8);2H2,1H3,(H,3,4,5). The number of carbonyl (C=O) groups is 2. The van der Waals surface area contributed by atoms with Crippen molar-refractivity contribution in [1.82, 2.24) is 5.32 Å². The molecule has 1 heterocycles. The van der Waals surface area contributed by atoms with Gasteiger partial charge in [-0.05, 0) is 6.92 Å². The van der Waals surface area contributed by atoms with Gasteiger partial charge < -0.3 is 5.11 Å². The maximum atomic E-state index is 10.1. The van der Waals surface area contributed by atoms with E-state index in [1.807, 2.05) is 5.32 Å². The Kier molecular flexibility index (Phi) is 4.25. The quantitative estimate of drug-likeness (QED) is 0.386. The summed E-state index contributed by atoms with van der Waals surface area (Å²) in [4.78, 5) is 20.2. The highest BCUT2D eigenvalue weighted by atomic mass is 32.2. The summed E-state index contributed by atoms with van der Waals surface area (Å²) in [5.41, 5.74) is 0. The molecule has 0 atom stereocenters. The van der Waals surface area contributed by atoms with Crippen molar-refractivity contribution in [1.29, 1.82) is 0 Å². The van der Waals surface area contributed by atoms with Gasteiger partial charge in [0.2, 0.25) is 0 Å². The molecule has 0 aromatic heterocycles. The van der Waals surface area contributed by atoms with Gasteiger partial charge in [0, 0.05) is 0 Å². The lowest BCUT2D eigenvalue weighted by Crippen LogP contribution is -2.21. The van der Waals surface area contributed by atoms with Crippen molar-refractivity contribution in [2.24, 2.45) is 0 Å². The van der Waals surface area contributed by atoms with Gasteiger partial charge >= 0.3 is 0 Å². The highest BCUT2D eigenvalue weighted by molar-refractivity contribution is 7.85. The first-order chi connectivity index (χ1) is 6.26. The number of nitrogens with one attached hydrogen (secondary N) is 1. The van der Waals surface area contributed by atoms with Crippen molar-refractivity contribution in [3.63, 3.8) is 0 Å². The van der Waals surface area contributed by atoms with Gasteiger partial charge in [0.25, 0.3) is 21.9 Å². The smallest absolute Gasteiger partial charge is 0.293 e. The molecule has 0 unspecified atom stereocenters. The molecule has 0 bridgehead atoms. The van der Waals surface area contributed by atoms with E-state index in [0.717, 1.165) is 6.08 Å². The van der Waals surface area contributed by atoms with Gasteiger partial charge in [0.15, 0.2) is 5.76 Å². The Morgan fingerprint density at radius 3 is 1.93 bits per heavy atom. The van der Waals surface area contributed by atoms with Crippen LogP contribution in [0.2, 0.25) is 0 Å². The van der Waals surface area contributed by atoms with Gasteiger partial charge in [-0.25, -0.2) is 0 Å². The summed E-state index contributed by atoms with van der Waals surface area (Å²) in [6.45, 7) is 1.37. The highest BCUT2D eigenvalue weighted by Gasteiger charge is 2.18. The summed E-state index contributed by atoms with van der Waals surface area (Å²) >= 11 is 0. The van der Waals surface area contributed by atoms with Crippen LogP contribution in [0.4, 0.5) is 0 Å². The van der Waals surface area contributed by atoms with Gasteiger partial charge in [0.05, 0.1) is 11.8 Å². The molecule has 0 spiro atoms. The molecule has 1 rings (SSSR count). The van der Waals surface area contributed by atoms with E-state index >= 15 is 0 Å². The van der Waals surface area contributed by atoms with Crippen LogP contribution in [-0.4, -0.2) is 35.6 Å². The van der Waals surface area contributed by atoms with Crippen molar-refractivity contribution in [3.05, 3.63) is 11.8 Å². The number of hydrogen-bond donors (Lipinski definition) is 3. The van der Waals surface area contributed by atoms with E-state index in [-0.39, 0.29) is 5.75 Å². The molecule has 7 nitrogen and oxygen atoms in total. The molecule has 0 radical (unpaired) electrons. The molecule has 3 N–H and O–H groups in total. The summed E-state index contributed by atoms with van der Waals surface area (Å²) in [6.07, 6.45) is 0.836. The predicted octanol–water partition coefficient (Wildman–Crippen LogP) is -1.02. The van der Waals surface area contributed by atoms with Crippen LogP contribution in [0.1, 0.15) is 6.92 Å². The van der Waals surface area contributed by atoms with E-state index in [4.69, 9.17) is 9.66 Å². The Bertz CT molecular complexity index is 368. The van der Waals surface area contributed by atoms with E-state index in [9.17, 15) is 18.0 Å². The molecule has 0 saturated carbocycles. The molecule has 80 valence electrons. The van der Waals surface area contributed by atoms with Gasteiger partial charge in [-0.3, -0.25) is 19.5 Å². The minimum absolute atomic E-state index is 0.201. The Morgan fingerprint density at radius 1 is 1.43 bits per heavy atom. The fourth-order valence-electron chi connectivity index (χ4n) is 0.402. The normalized spacial score (nSPS) is 15.4. The fourth-order valence-corrected chi connectivity index (χ4v) is 0.402. The second kappa shape index (κ2) is 4.72. The lowest BCUT2D eigenvalue weighted by Gasteiger charge is -1.83. The van der Waals surface area contributed by atoms with Crippen LogP contribution in [0.5, 0.6) is 0 Å². The molecule has 0 fully saturated rings.